The molecule has 118 valence electrons. The Bertz CT molecular complexity index is 857. The lowest BCUT2D eigenvalue weighted by atomic mass is 9.89. The van der Waals surface area contributed by atoms with Crippen molar-refractivity contribution < 1.29 is 4.39 Å². The average molecular weight is 332 g/mol. The lowest BCUT2D eigenvalue weighted by Gasteiger charge is -2.20. The normalized spacial score (nSPS) is 16.1. The van der Waals surface area contributed by atoms with Crippen LogP contribution in [0.3, 0.4) is 0 Å². The number of hydrogen-bond acceptors (Lipinski definition) is 4. The van der Waals surface area contributed by atoms with E-state index in [0.717, 1.165) is 18.7 Å². The standard InChI is InChI=1S/C16H15ClFN5/c17-13-7-14(22-15(21-13)10-4-2-1-3-5-10)23-16-11(8-20-23)6-12(18)9-19-16/h6-10H,1-5H2. The Morgan fingerprint density at radius 2 is 1.91 bits per heavy atom. The predicted molar refractivity (Wildman–Crippen MR) is 85.2 cm³/mol. The molecule has 1 fully saturated rings. The van der Waals surface area contributed by atoms with Crippen LogP contribution in [-0.2, 0) is 0 Å². The van der Waals surface area contributed by atoms with Crippen molar-refractivity contribution in [1.82, 2.24) is 24.7 Å². The Hall–Kier alpha value is -2.08. The molecule has 7 heteroatoms. The fourth-order valence-electron chi connectivity index (χ4n) is 3.14. The topological polar surface area (TPSA) is 56.5 Å². The van der Waals surface area contributed by atoms with Crippen LogP contribution in [0, 0.1) is 5.82 Å². The molecular weight excluding hydrogens is 317 g/mol. The molecule has 3 heterocycles. The van der Waals surface area contributed by atoms with Crippen molar-refractivity contribution in [2.24, 2.45) is 0 Å². The van der Waals surface area contributed by atoms with E-state index in [0.29, 0.717) is 27.9 Å². The van der Waals surface area contributed by atoms with Gasteiger partial charge in [0.1, 0.15) is 16.8 Å². The van der Waals surface area contributed by atoms with Gasteiger partial charge < -0.3 is 0 Å². The summed E-state index contributed by atoms with van der Waals surface area (Å²) in [6.45, 7) is 0. The molecule has 0 amide bonds. The third-order valence-corrected chi connectivity index (χ3v) is 4.45. The minimum Gasteiger partial charge on any atom is -0.233 e. The second-order valence-electron chi connectivity index (χ2n) is 5.86. The van der Waals surface area contributed by atoms with Crippen molar-refractivity contribution >= 4 is 22.6 Å². The molecule has 3 aromatic heterocycles. The van der Waals surface area contributed by atoms with Crippen molar-refractivity contribution in [2.75, 3.05) is 0 Å². The maximum atomic E-state index is 13.3. The van der Waals surface area contributed by atoms with Crippen LogP contribution in [0.4, 0.5) is 4.39 Å². The number of pyridine rings is 1. The van der Waals surface area contributed by atoms with E-state index < -0.39 is 0 Å². The Morgan fingerprint density at radius 3 is 2.74 bits per heavy atom. The van der Waals surface area contributed by atoms with E-state index in [1.54, 1.807) is 16.9 Å². The number of nitrogens with zero attached hydrogens (tertiary/aromatic N) is 5. The summed E-state index contributed by atoms with van der Waals surface area (Å²) in [4.78, 5) is 13.1. The van der Waals surface area contributed by atoms with E-state index in [2.05, 4.69) is 20.1 Å². The molecule has 0 spiro atoms. The third-order valence-electron chi connectivity index (χ3n) is 4.26. The molecule has 0 atom stereocenters. The van der Waals surface area contributed by atoms with Crippen LogP contribution < -0.4 is 0 Å². The minimum absolute atomic E-state index is 0.341. The Balaban J connectivity index is 1.79. The smallest absolute Gasteiger partial charge is 0.164 e. The van der Waals surface area contributed by atoms with Gasteiger partial charge in [-0.15, -0.1) is 0 Å². The van der Waals surface area contributed by atoms with Gasteiger partial charge in [0, 0.05) is 17.4 Å². The van der Waals surface area contributed by atoms with Gasteiger partial charge in [0.15, 0.2) is 11.5 Å². The number of hydrogen-bond donors (Lipinski definition) is 0. The molecule has 0 unspecified atom stereocenters. The molecule has 0 aliphatic heterocycles. The zero-order valence-corrected chi connectivity index (χ0v) is 13.2. The van der Waals surface area contributed by atoms with Gasteiger partial charge in [-0.2, -0.15) is 9.78 Å². The van der Waals surface area contributed by atoms with Crippen LogP contribution in [0.15, 0.2) is 24.5 Å². The van der Waals surface area contributed by atoms with Gasteiger partial charge in [0.05, 0.1) is 12.4 Å². The van der Waals surface area contributed by atoms with Crippen molar-refractivity contribution in [3.05, 3.63) is 41.3 Å². The van der Waals surface area contributed by atoms with Gasteiger partial charge in [-0.25, -0.2) is 19.3 Å². The van der Waals surface area contributed by atoms with Gasteiger partial charge in [-0.05, 0) is 18.9 Å². The molecule has 0 N–H and O–H groups in total. The van der Waals surface area contributed by atoms with Crippen molar-refractivity contribution in [2.45, 2.75) is 38.0 Å². The summed E-state index contributed by atoms with van der Waals surface area (Å²) in [7, 11) is 0. The molecule has 1 aliphatic rings. The van der Waals surface area contributed by atoms with Gasteiger partial charge in [-0.1, -0.05) is 30.9 Å². The number of aromatic nitrogens is 5. The molecule has 1 aliphatic carbocycles. The molecular formula is C16H15ClFN5. The number of fused-ring (bicyclic) bond motifs is 1. The van der Waals surface area contributed by atoms with E-state index in [-0.39, 0.29) is 5.82 Å². The Morgan fingerprint density at radius 1 is 1.09 bits per heavy atom. The summed E-state index contributed by atoms with van der Waals surface area (Å²) >= 11 is 6.19. The second-order valence-corrected chi connectivity index (χ2v) is 6.25. The Labute approximate surface area is 137 Å². The summed E-state index contributed by atoms with van der Waals surface area (Å²) < 4.78 is 14.9. The summed E-state index contributed by atoms with van der Waals surface area (Å²) in [5.74, 6) is 1.28. The molecule has 4 rings (SSSR count). The quantitative estimate of drug-likeness (QED) is 0.665. The van der Waals surface area contributed by atoms with Gasteiger partial charge in [0.25, 0.3) is 0 Å². The van der Waals surface area contributed by atoms with Crippen LogP contribution in [0.2, 0.25) is 5.15 Å². The highest BCUT2D eigenvalue weighted by Crippen LogP contribution is 2.31. The van der Waals surface area contributed by atoms with Crippen LogP contribution in [-0.4, -0.2) is 24.7 Å². The summed E-state index contributed by atoms with van der Waals surface area (Å²) in [6.07, 6.45) is 8.57. The highest BCUT2D eigenvalue weighted by molar-refractivity contribution is 6.29. The molecule has 3 aromatic rings. The predicted octanol–water partition coefficient (Wildman–Crippen LogP) is 4.05. The van der Waals surface area contributed by atoms with E-state index >= 15 is 0 Å². The van der Waals surface area contributed by atoms with E-state index in [9.17, 15) is 4.39 Å². The van der Waals surface area contributed by atoms with Crippen LogP contribution in [0.1, 0.15) is 43.8 Å². The SMILES string of the molecule is Fc1cnc2c(cnn2-c2cc(Cl)nc(C3CCCCC3)n2)c1. The van der Waals surface area contributed by atoms with Gasteiger partial charge in [0.2, 0.25) is 0 Å². The third kappa shape index (κ3) is 2.79. The number of rotatable bonds is 2. The molecule has 1 saturated carbocycles. The second kappa shape index (κ2) is 5.85. The van der Waals surface area contributed by atoms with E-state index in [1.165, 1.54) is 31.5 Å². The largest absolute Gasteiger partial charge is 0.233 e. The Kier molecular flexibility index (Phi) is 3.69. The zero-order chi connectivity index (χ0) is 15.8. The lowest BCUT2D eigenvalue weighted by molar-refractivity contribution is 0.428. The molecule has 0 aromatic carbocycles. The first-order valence-electron chi connectivity index (χ1n) is 7.75. The molecule has 5 nitrogen and oxygen atoms in total. The monoisotopic (exact) mass is 331 g/mol. The molecule has 0 saturated heterocycles. The molecule has 0 bridgehead atoms. The summed E-state index contributed by atoms with van der Waals surface area (Å²) in [6, 6.07) is 3.06. The van der Waals surface area contributed by atoms with Crippen molar-refractivity contribution in [3.63, 3.8) is 0 Å². The fourth-order valence-corrected chi connectivity index (χ4v) is 3.32. The molecule has 0 radical (unpaired) electrons. The van der Waals surface area contributed by atoms with Crippen LogP contribution >= 0.6 is 11.6 Å². The van der Waals surface area contributed by atoms with Crippen LogP contribution in [0.5, 0.6) is 0 Å². The highest BCUT2D eigenvalue weighted by atomic mass is 35.5. The first-order chi connectivity index (χ1) is 11.2. The van der Waals surface area contributed by atoms with E-state index in [1.807, 2.05) is 0 Å². The van der Waals surface area contributed by atoms with Crippen LogP contribution in [0.25, 0.3) is 16.9 Å². The maximum Gasteiger partial charge on any atom is 0.164 e. The van der Waals surface area contributed by atoms with Gasteiger partial charge >= 0.3 is 0 Å². The zero-order valence-electron chi connectivity index (χ0n) is 12.4. The maximum absolute atomic E-state index is 13.3. The first-order valence-corrected chi connectivity index (χ1v) is 8.12. The van der Waals surface area contributed by atoms with Crippen molar-refractivity contribution in [3.8, 4) is 5.82 Å². The summed E-state index contributed by atoms with van der Waals surface area (Å²) in [5.41, 5.74) is 0.552. The summed E-state index contributed by atoms with van der Waals surface area (Å²) in [5, 5.41) is 5.29. The van der Waals surface area contributed by atoms with Gasteiger partial charge in [-0.3, -0.25) is 0 Å². The van der Waals surface area contributed by atoms with E-state index in [4.69, 9.17) is 11.6 Å². The lowest BCUT2D eigenvalue weighted by Crippen LogP contribution is -2.11. The first kappa shape index (κ1) is 14.5. The minimum atomic E-state index is -0.388. The highest BCUT2D eigenvalue weighted by Gasteiger charge is 2.20. The number of halogens is 2. The van der Waals surface area contributed by atoms with Crippen molar-refractivity contribution in [1.29, 1.82) is 0 Å². The average Bonchev–Trinajstić information content (AvgIpc) is 2.98. The fraction of sp³-hybridized carbons (Fsp3) is 0.375. The molecule has 23 heavy (non-hydrogen) atoms.